The highest BCUT2D eigenvalue weighted by Crippen LogP contribution is 2.15. The summed E-state index contributed by atoms with van der Waals surface area (Å²) in [6, 6.07) is 5.98. The minimum atomic E-state index is -3.13. The van der Waals surface area contributed by atoms with Crippen molar-refractivity contribution >= 4 is 21.1 Å². The Bertz CT molecular complexity index is 676. The third-order valence-corrected chi connectivity index (χ3v) is 4.56. The summed E-state index contributed by atoms with van der Waals surface area (Å²) < 4.78 is 24.5. The monoisotopic (exact) mass is 281 g/mol. The zero-order chi connectivity index (χ0) is 14.0. The van der Waals surface area contributed by atoms with E-state index >= 15 is 0 Å². The molecular formula is C13H19N3O2S. The standard InChI is InChI=1S/C13H19N3O2S/c1-4-16(19(3,17)18)9-8-12-14-11-7-5-6-10(2)13(11)15-12/h5-7H,4,8-9H2,1-3H3,(H,14,15). The van der Waals surface area contributed by atoms with Crippen LogP contribution in [0.25, 0.3) is 11.0 Å². The molecule has 1 heterocycles. The summed E-state index contributed by atoms with van der Waals surface area (Å²) in [5, 5.41) is 0. The van der Waals surface area contributed by atoms with Crippen LogP contribution in [-0.4, -0.2) is 42.0 Å². The number of sulfonamides is 1. The van der Waals surface area contributed by atoms with Crippen molar-refractivity contribution in [1.82, 2.24) is 14.3 Å². The first-order valence-corrected chi connectivity index (χ1v) is 8.16. The van der Waals surface area contributed by atoms with Crippen LogP contribution < -0.4 is 0 Å². The second-order valence-electron chi connectivity index (χ2n) is 4.66. The van der Waals surface area contributed by atoms with Gasteiger partial charge >= 0.3 is 0 Å². The Kier molecular flexibility index (Phi) is 3.91. The number of hydrogen-bond donors (Lipinski definition) is 1. The van der Waals surface area contributed by atoms with E-state index in [2.05, 4.69) is 9.97 Å². The Morgan fingerprint density at radius 2 is 2.11 bits per heavy atom. The minimum absolute atomic E-state index is 0.453. The van der Waals surface area contributed by atoms with Crippen LogP contribution in [0.4, 0.5) is 0 Å². The van der Waals surface area contributed by atoms with Gasteiger partial charge in [-0.2, -0.15) is 0 Å². The predicted octanol–water partition coefficient (Wildman–Crippen LogP) is 1.70. The summed E-state index contributed by atoms with van der Waals surface area (Å²) >= 11 is 0. The second kappa shape index (κ2) is 5.30. The van der Waals surface area contributed by atoms with Crippen molar-refractivity contribution in [1.29, 1.82) is 0 Å². The average Bonchev–Trinajstić information content (AvgIpc) is 2.72. The molecule has 0 spiro atoms. The predicted molar refractivity (Wildman–Crippen MR) is 76.6 cm³/mol. The lowest BCUT2D eigenvalue weighted by Crippen LogP contribution is -2.31. The molecule has 0 amide bonds. The van der Waals surface area contributed by atoms with Crippen molar-refractivity contribution < 1.29 is 8.42 Å². The molecule has 2 aromatic rings. The number of aryl methyl sites for hydroxylation is 1. The smallest absolute Gasteiger partial charge is 0.211 e. The Morgan fingerprint density at radius 3 is 2.68 bits per heavy atom. The summed E-state index contributed by atoms with van der Waals surface area (Å²) in [5.74, 6) is 0.825. The average molecular weight is 281 g/mol. The molecule has 0 unspecified atom stereocenters. The highest BCUT2D eigenvalue weighted by atomic mass is 32.2. The van der Waals surface area contributed by atoms with Gasteiger partial charge in [-0.1, -0.05) is 19.1 Å². The number of likely N-dealkylation sites (N-methyl/N-ethyl adjacent to an activating group) is 1. The molecule has 0 aliphatic rings. The van der Waals surface area contributed by atoms with Crippen LogP contribution in [-0.2, 0) is 16.4 Å². The molecule has 0 saturated carbocycles. The Morgan fingerprint density at radius 1 is 1.37 bits per heavy atom. The molecule has 0 fully saturated rings. The fourth-order valence-corrected chi connectivity index (χ4v) is 3.03. The lowest BCUT2D eigenvalue weighted by Gasteiger charge is -2.16. The number of nitrogens with zero attached hydrogens (tertiary/aromatic N) is 2. The van der Waals surface area contributed by atoms with Gasteiger partial charge in [-0.05, 0) is 18.6 Å². The number of fused-ring (bicyclic) bond motifs is 1. The summed E-state index contributed by atoms with van der Waals surface area (Å²) in [6.45, 7) is 4.79. The Hall–Kier alpha value is -1.40. The highest BCUT2D eigenvalue weighted by molar-refractivity contribution is 7.88. The largest absolute Gasteiger partial charge is 0.342 e. The molecule has 1 aromatic heterocycles. The summed E-state index contributed by atoms with van der Waals surface area (Å²) in [5.41, 5.74) is 3.08. The number of rotatable bonds is 5. The van der Waals surface area contributed by atoms with E-state index in [-0.39, 0.29) is 0 Å². The quantitative estimate of drug-likeness (QED) is 0.907. The van der Waals surface area contributed by atoms with Gasteiger partial charge in [0.05, 0.1) is 17.3 Å². The molecule has 6 heteroatoms. The normalized spacial score (nSPS) is 12.4. The maximum absolute atomic E-state index is 11.5. The number of hydrogen-bond acceptors (Lipinski definition) is 3. The molecule has 19 heavy (non-hydrogen) atoms. The van der Waals surface area contributed by atoms with E-state index in [0.29, 0.717) is 19.5 Å². The van der Waals surface area contributed by atoms with Crippen molar-refractivity contribution in [3.63, 3.8) is 0 Å². The third-order valence-electron chi connectivity index (χ3n) is 3.18. The van der Waals surface area contributed by atoms with Gasteiger partial charge in [0.1, 0.15) is 5.82 Å². The van der Waals surface area contributed by atoms with E-state index in [4.69, 9.17) is 0 Å². The van der Waals surface area contributed by atoms with E-state index in [1.807, 2.05) is 32.0 Å². The maximum atomic E-state index is 11.5. The van der Waals surface area contributed by atoms with E-state index < -0.39 is 10.0 Å². The number of imidazole rings is 1. The molecule has 1 N–H and O–H groups in total. The summed E-state index contributed by atoms with van der Waals surface area (Å²) in [7, 11) is -3.13. The number of H-pyrrole nitrogens is 1. The lowest BCUT2D eigenvalue weighted by molar-refractivity contribution is 0.433. The van der Waals surface area contributed by atoms with Crippen LogP contribution in [0.15, 0.2) is 18.2 Å². The third kappa shape index (κ3) is 3.13. The Labute approximate surface area is 113 Å². The molecule has 104 valence electrons. The van der Waals surface area contributed by atoms with Crippen LogP contribution in [0.5, 0.6) is 0 Å². The highest BCUT2D eigenvalue weighted by Gasteiger charge is 2.15. The number of aromatic nitrogens is 2. The van der Waals surface area contributed by atoms with Gasteiger partial charge in [0, 0.05) is 19.5 Å². The van der Waals surface area contributed by atoms with Crippen LogP contribution in [0.1, 0.15) is 18.3 Å². The molecule has 0 radical (unpaired) electrons. The van der Waals surface area contributed by atoms with Gasteiger partial charge in [-0.3, -0.25) is 0 Å². The number of para-hydroxylation sites is 1. The van der Waals surface area contributed by atoms with E-state index in [1.165, 1.54) is 10.6 Å². The van der Waals surface area contributed by atoms with Gasteiger partial charge < -0.3 is 4.98 Å². The van der Waals surface area contributed by atoms with Gasteiger partial charge in [-0.25, -0.2) is 17.7 Å². The van der Waals surface area contributed by atoms with Crippen molar-refractivity contribution in [3.8, 4) is 0 Å². The van der Waals surface area contributed by atoms with Crippen molar-refractivity contribution in [2.45, 2.75) is 20.3 Å². The first kappa shape index (κ1) is 14.0. The van der Waals surface area contributed by atoms with Gasteiger partial charge in [0.25, 0.3) is 0 Å². The SMILES string of the molecule is CCN(CCc1nc2c(C)cccc2[nH]1)S(C)(=O)=O. The maximum Gasteiger partial charge on any atom is 0.211 e. The summed E-state index contributed by atoms with van der Waals surface area (Å²) in [4.78, 5) is 7.76. The molecular weight excluding hydrogens is 262 g/mol. The molecule has 5 nitrogen and oxygen atoms in total. The van der Waals surface area contributed by atoms with E-state index in [0.717, 1.165) is 22.4 Å². The molecule has 0 atom stereocenters. The first-order valence-electron chi connectivity index (χ1n) is 6.31. The first-order chi connectivity index (χ1) is 8.91. The lowest BCUT2D eigenvalue weighted by atomic mass is 10.2. The van der Waals surface area contributed by atoms with Crippen LogP contribution in [0, 0.1) is 6.92 Å². The number of nitrogens with one attached hydrogen (secondary N) is 1. The molecule has 0 saturated heterocycles. The topological polar surface area (TPSA) is 66.1 Å². The summed E-state index contributed by atoms with van der Waals surface area (Å²) in [6.07, 6.45) is 1.83. The molecule has 0 aliphatic heterocycles. The fraction of sp³-hybridized carbons (Fsp3) is 0.462. The zero-order valence-corrected chi connectivity index (χ0v) is 12.3. The second-order valence-corrected chi connectivity index (χ2v) is 6.64. The number of aromatic amines is 1. The molecule has 0 aliphatic carbocycles. The molecule has 1 aromatic carbocycles. The van der Waals surface area contributed by atoms with Crippen molar-refractivity contribution in [3.05, 3.63) is 29.6 Å². The molecule has 2 rings (SSSR count). The fourth-order valence-electron chi connectivity index (χ4n) is 2.13. The van der Waals surface area contributed by atoms with Crippen molar-refractivity contribution in [2.75, 3.05) is 19.3 Å². The Balaban J connectivity index is 2.16. The van der Waals surface area contributed by atoms with Crippen LogP contribution in [0.3, 0.4) is 0 Å². The van der Waals surface area contributed by atoms with E-state index in [9.17, 15) is 8.42 Å². The van der Waals surface area contributed by atoms with Crippen molar-refractivity contribution in [2.24, 2.45) is 0 Å². The van der Waals surface area contributed by atoms with Crippen LogP contribution in [0.2, 0.25) is 0 Å². The zero-order valence-electron chi connectivity index (χ0n) is 11.5. The minimum Gasteiger partial charge on any atom is -0.342 e. The van der Waals surface area contributed by atoms with Crippen LogP contribution >= 0.6 is 0 Å². The van der Waals surface area contributed by atoms with E-state index in [1.54, 1.807) is 0 Å². The van der Waals surface area contributed by atoms with Gasteiger partial charge in [0.2, 0.25) is 10.0 Å². The molecule has 0 bridgehead atoms. The van der Waals surface area contributed by atoms with Gasteiger partial charge in [-0.15, -0.1) is 0 Å². The van der Waals surface area contributed by atoms with Gasteiger partial charge in [0.15, 0.2) is 0 Å². The number of benzene rings is 1.